The van der Waals surface area contributed by atoms with Crippen molar-refractivity contribution in [2.24, 2.45) is 11.8 Å². The molecule has 5 atom stereocenters. The summed E-state index contributed by atoms with van der Waals surface area (Å²) in [6.45, 7) is -0.918. The maximum atomic E-state index is 12.6. The van der Waals surface area contributed by atoms with E-state index in [9.17, 15) is 27.1 Å². The normalized spacial score (nSPS) is 39.8. The molecule has 120 valence electrons. The Morgan fingerprint density at radius 2 is 2.05 bits per heavy atom. The quantitative estimate of drug-likeness (QED) is 0.449. The molecule has 5 unspecified atom stereocenters. The number of hydrogen-bond acceptors (Lipinski definition) is 7. The number of aliphatic carboxylic acids is 1. The SMILES string of the molecule is O=C([O-])C(F)(F)OCCOC1C2CC3C1OS(=O)(=O)C3C2. The number of fused-ring (bicyclic) bond motifs is 1. The van der Waals surface area contributed by atoms with Gasteiger partial charge in [-0.15, -0.1) is 0 Å². The monoisotopic (exact) mass is 327 g/mol. The first kappa shape index (κ1) is 15.1. The van der Waals surface area contributed by atoms with Gasteiger partial charge in [0.2, 0.25) is 0 Å². The summed E-state index contributed by atoms with van der Waals surface area (Å²) in [6, 6.07) is 0. The molecule has 0 aromatic heterocycles. The van der Waals surface area contributed by atoms with Crippen LogP contribution in [0.5, 0.6) is 0 Å². The Hall–Kier alpha value is -0.840. The van der Waals surface area contributed by atoms with Crippen LogP contribution >= 0.6 is 0 Å². The second-order valence-electron chi connectivity index (χ2n) is 5.48. The molecular weight excluding hydrogens is 314 g/mol. The molecule has 3 aliphatic rings. The Kier molecular flexibility index (Phi) is 3.47. The maximum absolute atomic E-state index is 12.6. The van der Waals surface area contributed by atoms with Crippen molar-refractivity contribution in [1.29, 1.82) is 0 Å². The molecule has 21 heavy (non-hydrogen) atoms. The van der Waals surface area contributed by atoms with Crippen LogP contribution in [0.15, 0.2) is 0 Å². The molecule has 3 rings (SSSR count). The van der Waals surface area contributed by atoms with Gasteiger partial charge < -0.3 is 19.4 Å². The van der Waals surface area contributed by atoms with E-state index in [-0.39, 0.29) is 18.4 Å². The Labute approximate surface area is 119 Å². The smallest absolute Gasteiger partial charge is 0.397 e. The predicted molar refractivity (Wildman–Crippen MR) is 59.4 cm³/mol. The lowest BCUT2D eigenvalue weighted by Crippen LogP contribution is -2.44. The Bertz CT molecular complexity index is 549. The van der Waals surface area contributed by atoms with Crippen LogP contribution in [0, 0.1) is 11.8 Å². The maximum Gasteiger partial charge on any atom is 0.397 e. The summed E-state index contributed by atoms with van der Waals surface area (Å²) in [5.74, 6) is -2.70. The summed E-state index contributed by atoms with van der Waals surface area (Å²) in [5, 5.41) is 9.56. The zero-order chi connectivity index (χ0) is 15.4. The standard InChI is InChI=1S/C11H14F2O7S/c12-11(13,10(14)15)19-2-1-18-8-5-3-6-7(4-5)21(16,17)20-9(6)8/h5-9H,1-4H2,(H,14,15)/p-1. The first-order valence-electron chi connectivity index (χ1n) is 6.49. The topological polar surface area (TPSA) is 102 Å². The summed E-state index contributed by atoms with van der Waals surface area (Å²) < 4.78 is 62.9. The lowest BCUT2D eigenvalue weighted by Gasteiger charge is -2.25. The summed E-state index contributed by atoms with van der Waals surface area (Å²) in [4.78, 5) is 10.0. The lowest BCUT2D eigenvalue weighted by atomic mass is 9.94. The molecule has 0 N–H and O–H groups in total. The number of carbonyl (C=O) groups excluding carboxylic acids is 1. The van der Waals surface area contributed by atoms with E-state index in [1.807, 2.05) is 0 Å². The van der Waals surface area contributed by atoms with Gasteiger partial charge in [-0.3, -0.25) is 4.18 Å². The van der Waals surface area contributed by atoms with E-state index in [1.54, 1.807) is 0 Å². The van der Waals surface area contributed by atoms with Crippen molar-refractivity contribution in [3.63, 3.8) is 0 Å². The van der Waals surface area contributed by atoms with Crippen LogP contribution in [-0.2, 0) is 28.6 Å². The van der Waals surface area contributed by atoms with Gasteiger partial charge in [-0.05, 0) is 18.8 Å². The average molecular weight is 327 g/mol. The zero-order valence-electron chi connectivity index (χ0n) is 10.7. The van der Waals surface area contributed by atoms with Crippen molar-refractivity contribution in [2.75, 3.05) is 13.2 Å². The molecule has 0 aromatic carbocycles. The number of carbonyl (C=O) groups is 1. The molecule has 0 amide bonds. The Balaban J connectivity index is 1.51. The second kappa shape index (κ2) is 4.83. The largest absolute Gasteiger partial charge is 0.542 e. The minimum Gasteiger partial charge on any atom is -0.542 e. The van der Waals surface area contributed by atoms with Crippen LogP contribution in [0.4, 0.5) is 8.78 Å². The van der Waals surface area contributed by atoms with Crippen molar-refractivity contribution >= 4 is 16.1 Å². The van der Waals surface area contributed by atoms with Gasteiger partial charge >= 0.3 is 6.11 Å². The third-order valence-electron chi connectivity index (χ3n) is 4.33. The van der Waals surface area contributed by atoms with Crippen molar-refractivity contribution in [1.82, 2.24) is 0 Å². The van der Waals surface area contributed by atoms with E-state index in [1.165, 1.54) is 0 Å². The molecule has 1 aliphatic heterocycles. The first-order valence-corrected chi connectivity index (χ1v) is 7.96. The third-order valence-corrected chi connectivity index (χ3v) is 6.10. The predicted octanol–water partition coefficient (Wildman–Crippen LogP) is -1.13. The van der Waals surface area contributed by atoms with E-state index >= 15 is 0 Å². The van der Waals surface area contributed by atoms with Crippen LogP contribution in [0.25, 0.3) is 0 Å². The van der Waals surface area contributed by atoms with Crippen LogP contribution in [-0.4, -0.2) is 51.2 Å². The van der Waals surface area contributed by atoms with Crippen molar-refractivity contribution < 1.29 is 40.8 Å². The van der Waals surface area contributed by atoms with Gasteiger partial charge in [0.1, 0.15) is 12.1 Å². The van der Waals surface area contributed by atoms with Gasteiger partial charge in [-0.25, -0.2) is 0 Å². The molecule has 2 aliphatic carbocycles. The molecule has 3 fully saturated rings. The highest BCUT2D eigenvalue weighted by Crippen LogP contribution is 2.55. The number of carboxylic acids is 1. The molecule has 2 saturated carbocycles. The molecule has 0 aromatic rings. The minimum atomic E-state index is -4.36. The van der Waals surface area contributed by atoms with Crippen LogP contribution in [0.3, 0.4) is 0 Å². The molecule has 2 bridgehead atoms. The third kappa shape index (κ3) is 2.43. The first-order chi connectivity index (χ1) is 9.72. The fourth-order valence-corrected chi connectivity index (χ4v) is 5.41. The van der Waals surface area contributed by atoms with Gasteiger partial charge in [-0.1, -0.05) is 0 Å². The van der Waals surface area contributed by atoms with Crippen LogP contribution in [0.2, 0.25) is 0 Å². The lowest BCUT2D eigenvalue weighted by molar-refractivity contribution is -0.363. The van der Waals surface area contributed by atoms with Crippen molar-refractivity contribution in [3.05, 3.63) is 0 Å². The Morgan fingerprint density at radius 3 is 2.71 bits per heavy atom. The van der Waals surface area contributed by atoms with E-state index in [0.717, 1.165) is 0 Å². The van der Waals surface area contributed by atoms with Gasteiger partial charge in [0.25, 0.3) is 10.1 Å². The molecule has 1 heterocycles. The fraction of sp³-hybridized carbons (Fsp3) is 0.909. The van der Waals surface area contributed by atoms with Crippen molar-refractivity contribution in [2.45, 2.75) is 36.4 Å². The minimum absolute atomic E-state index is 0.0175. The summed E-state index contributed by atoms with van der Waals surface area (Å²) in [7, 11) is -3.55. The number of hydrogen-bond donors (Lipinski definition) is 0. The zero-order valence-corrected chi connectivity index (χ0v) is 11.6. The Morgan fingerprint density at radius 1 is 1.33 bits per heavy atom. The number of alkyl halides is 2. The fourth-order valence-electron chi connectivity index (χ4n) is 3.52. The van der Waals surface area contributed by atoms with Gasteiger partial charge in [0, 0.05) is 5.92 Å². The number of carboxylic acid groups (broad SMARTS) is 1. The summed E-state index contributed by atoms with van der Waals surface area (Å²) >= 11 is 0. The van der Waals surface area contributed by atoms with Gasteiger partial charge in [0.15, 0.2) is 0 Å². The van der Waals surface area contributed by atoms with Crippen molar-refractivity contribution in [3.8, 4) is 0 Å². The van der Waals surface area contributed by atoms with E-state index in [2.05, 4.69) is 4.74 Å². The highest BCUT2D eigenvalue weighted by Gasteiger charge is 2.64. The number of ether oxygens (including phenoxy) is 2. The average Bonchev–Trinajstić information content (AvgIpc) is 2.97. The molecule has 1 saturated heterocycles. The second-order valence-corrected chi connectivity index (χ2v) is 7.26. The molecule has 0 spiro atoms. The summed E-state index contributed by atoms with van der Waals surface area (Å²) in [5.41, 5.74) is 0. The summed E-state index contributed by atoms with van der Waals surface area (Å²) in [6.07, 6.45) is -4.29. The highest BCUT2D eigenvalue weighted by atomic mass is 32.2. The highest BCUT2D eigenvalue weighted by molar-refractivity contribution is 7.87. The number of halogens is 2. The molecule has 10 heteroatoms. The molecule has 0 radical (unpaired) electrons. The van der Waals surface area contributed by atoms with E-state index in [0.29, 0.717) is 12.8 Å². The molecule has 7 nitrogen and oxygen atoms in total. The molecular formula is C11H13F2O7S-. The van der Waals surface area contributed by atoms with E-state index in [4.69, 9.17) is 8.92 Å². The van der Waals surface area contributed by atoms with Gasteiger partial charge in [0.05, 0.1) is 24.6 Å². The van der Waals surface area contributed by atoms with Crippen LogP contribution < -0.4 is 5.11 Å². The van der Waals surface area contributed by atoms with Crippen LogP contribution in [0.1, 0.15) is 12.8 Å². The van der Waals surface area contributed by atoms with E-state index < -0.39 is 46.3 Å². The number of rotatable bonds is 6. The van der Waals surface area contributed by atoms with Gasteiger partial charge in [-0.2, -0.15) is 17.2 Å².